The molecule has 4 heterocycles. The number of nitro groups is 1. The van der Waals surface area contributed by atoms with Gasteiger partial charge in [0.25, 0.3) is 5.69 Å². The molecule has 3 fully saturated rings. The molecule has 6 heteroatoms. The Kier molecular flexibility index (Phi) is 3.10. The molecule has 1 N–H and O–H groups in total. The Hall–Kier alpha value is -1.69. The van der Waals surface area contributed by atoms with Gasteiger partial charge >= 0.3 is 0 Å². The highest BCUT2D eigenvalue weighted by Crippen LogP contribution is 2.29. The molecule has 0 aromatic carbocycles. The van der Waals surface area contributed by atoms with Crippen LogP contribution in [0.4, 0.5) is 11.5 Å². The Morgan fingerprint density at radius 1 is 1.42 bits per heavy atom. The van der Waals surface area contributed by atoms with Crippen LogP contribution in [-0.2, 0) is 0 Å². The normalized spacial score (nSPS) is 29.2. The summed E-state index contributed by atoms with van der Waals surface area (Å²) >= 11 is 0. The van der Waals surface area contributed by atoms with Crippen molar-refractivity contribution in [2.45, 2.75) is 25.8 Å². The van der Waals surface area contributed by atoms with E-state index < -0.39 is 0 Å². The SMILES string of the molecule is Cc1nc(NC2CN3CCC2CC3)ccc1[N+](=O)[O-]. The fourth-order valence-corrected chi connectivity index (χ4v) is 3.15. The summed E-state index contributed by atoms with van der Waals surface area (Å²) in [6.45, 7) is 5.15. The van der Waals surface area contributed by atoms with Gasteiger partial charge in [0.2, 0.25) is 0 Å². The summed E-state index contributed by atoms with van der Waals surface area (Å²) in [5.41, 5.74) is 0.552. The van der Waals surface area contributed by atoms with Crippen molar-refractivity contribution in [1.29, 1.82) is 0 Å². The van der Waals surface area contributed by atoms with E-state index in [0.29, 0.717) is 17.7 Å². The lowest BCUT2D eigenvalue weighted by atomic mass is 9.84. The third kappa shape index (κ3) is 2.40. The Morgan fingerprint density at radius 3 is 2.68 bits per heavy atom. The summed E-state index contributed by atoms with van der Waals surface area (Å²) in [6, 6.07) is 3.67. The summed E-state index contributed by atoms with van der Waals surface area (Å²) in [6.07, 6.45) is 2.48. The van der Waals surface area contributed by atoms with Gasteiger partial charge in [-0.1, -0.05) is 0 Å². The number of nitrogens with one attached hydrogen (secondary N) is 1. The molecule has 6 nitrogen and oxygen atoms in total. The molecule has 1 atom stereocenters. The lowest BCUT2D eigenvalue weighted by molar-refractivity contribution is -0.385. The minimum absolute atomic E-state index is 0.0828. The van der Waals surface area contributed by atoms with Gasteiger partial charge in [-0.15, -0.1) is 0 Å². The summed E-state index contributed by atoms with van der Waals surface area (Å²) in [5, 5.41) is 14.2. The van der Waals surface area contributed by atoms with E-state index in [2.05, 4.69) is 15.2 Å². The van der Waals surface area contributed by atoms with Gasteiger partial charge in [-0.25, -0.2) is 4.98 Å². The molecule has 0 saturated carbocycles. The minimum atomic E-state index is -0.389. The molecule has 3 aliphatic heterocycles. The van der Waals surface area contributed by atoms with Crippen LogP contribution >= 0.6 is 0 Å². The Balaban J connectivity index is 1.73. The van der Waals surface area contributed by atoms with E-state index in [1.165, 1.54) is 32.0 Å². The lowest BCUT2D eigenvalue weighted by Gasteiger charge is -2.45. The molecule has 2 bridgehead atoms. The molecule has 1 aromatic rings. The first-order valence-electron chi connectivity index (χ1n) is 6.74. The number of hydrogen-bond acceptors (Lipinski definition) is 5. The molecule has 3 aliphatic rings. The van der Waals surface area contributed by atoms with E-state index >= 15 is 0 Å². The van der Waals surface area contributed by atoms with Crippen LogP contribution in [0.15, 0.2) is 12.1 Å². The molecule has 0 amide bonds. The van der Waals surface area contributed by atoms with Crippen molar-refractivity contribution in [3.8, 4) is 0 Å². The average Bonchev–Trinajstić information content (AvgIpc) is 2.39. The quantitative estimate of drug-likeness (QED) is 0.664. The number of anilines is 1. The molecule has 1 aromatic heterocycles. The molecule has 0 aliphatic carbocycles. The molecule has 19 heavy (non-hydrogen) atoms. The largest absolute Gasteiger partial charge is 0.366 e. The minimum Gasteiger partial charge on any atom is -0.366 e. The average molecular weight is 262 g/mol. The summed E-state index contributed by atoms with van der Waals surface area (Å²) < 4.78 is 0. The van der Waals surface area contributed by atoms with Crippen LogP contribution in [-0.4, -0.2) is 40.5 Å². The Labute approximate surface area is 112 Å². The van der Waals surface area contributed by atoms with Gasteiger partial charge in [0, 0.05) is 18.7 Å². The first kappa shape index (κ1) is 12.3. The van der Waals surface area contributed by atoms with E-state index in [4.69, 9.17) is 0 Å². The van der Waals surface area contributed by atoms with E-state index in [9.17, 15) is 10.1 Å². The first-order valence-corrected chi connectivity index (χ1v) is 6.74. The van der Waals surface area contributed by atoms with Gasteiger partial charge in [-0.2, -0.15) is 0 Å². The van der Waals surface area contributed by atoms with Gasteiger partial charge in [0.15, 0.2) is 0 Å². The third-order valence-corrected chi connectivity index (χ3v) is 4.24. The van der Waals surface area contributed by atoms with Crippen LogP contribution in [0.25, 0.3) is 0 Å². The fraction of sp³-hybridized carbons (Fsp3) is 0.615. The van der Waals surface area contributed by atoms with Crippen molar-refractivity contribution in [2.24, 2.45) is 5.92 Å². The van der Waals surface area contributed by atoms with Gasteiger partial charge in [0.1, 0.15) is 11.5 Å². The van der Waals surface area contributed by atoms with Crippen molar-refractivity contribution in [3.05, 3.63) is 27.9 Å². The van der Waals surface area contributed by atoms with Crippen molar-refractivity contribution >= 4 is 11.5 Å². The number of fused-ring (bicyclic) bond motifs is 3. The lowest BCUT2D eigenvalue weighted by Crippen LogP contribution is -2.53. The van der Waals surface area contributed by atoms with Crippen molar-refractivity contribution in [2.75, 3.05) is 25.0 Å². The highest BCUT2D eigenvalue weighted by atomic mass is 16.6. The number of piperidine rings is 3. The molecule has 102 valence electrons. The van der Waals surface area contributed by atoms with Crippen LogP contribution in [0.2, 0.25) is 0 Å². The maximum absolute atomic E-state index is 10.8. The van der Waals surface area contributed by atoms with Crippen molar-refractivity contribution in [1.82, 2.24) is 9.88 Å². The number of hydrogen-bond donors (Lipinski definition) is 1. The third-order valence-electron chi connectivity index (χ3n) is 4.24. The number of nitrogens with zero attached hydrogens (tertiary/aromatic N) is 3. The molecule has 0 spiro atoms. The van der Waals surface area contributed by atoms with Gasteiger partial charge < -0.3 is 10.2 Å². The molecular weight excluding hydrogens is 244 g/mol. The maximum atomic E-state index is 10.8. The first-order chi connectivity index (χ1) is 9.13. The predicted molar refractivity (Wildman–Crippen MR) is 72.2 cm³/mol. The second kappa shape index (κ2) is 4.77. The van der Waals surface area contributed by atoms with Crippen LogP contribution in [0.5, 0.6) is 0 Å². The fourth-order valence-electron chi connectivity index (χ4n) is 3.15. The summed E-state index contributed by atoms with van der Waals surface area (Å²) in [4.78, 5) is 17.1. The number of aromatic nitrogens is 1. The van der Waals surface area contributed by atoms with Crippen molar-refractivity contribution in [3.63, 3.8) is 0 Å². The molecule has 4 rings (SSSR count). The van der Waals surface area contributed by atoms with E-state index in [0.717, 1.165) is 12.4 Å². The molecular formula is C13H18N4O2. The summed E-state index contributed by atoms with van der Waals surface area (Å²) in [7, 11) is 0. The molecule has 0 radical (unpaired) electrons. The zero-order chi connectivity index (χ0) is 13.4. The number of pyridine rings is 1. The molecule has 1 unspecified atom stereocenters. The van der Waals surface area contributed by atoms with E-state index in [1.807, 2.05) is 0 Å². The zero-order valence-electron chi connectivity index (χ0n) is 11.0. The Bertz CT molecular complexity index is 497. The van der Waals surface area contributed by atoms with E-state index in [1.54, 1.807) is 13.0 Å². The van der Waals surface area contributed by atoms with Crippen LogP contribution in [0.1, 0.15) is 18.5 Å². The zero-order valence-corrected chi connectivity index (χ0v) is 11.0. The summed E-state index contributed by atoms with van der Waals surface area (Å²) in [5.74, 6) is 1.46. The standard InChI is InChI=1S/C13H18N4O2/c1-9-12(17(18)19)2-3-13(14-9)15-11-8-16-6-4-10(11)5-7-16/h2-3,10-11H,4-8H2,1H3,(H,14,15). The molecule has 3 saturated heterocycles. The Morgan fingerprint density at radius 2 is 2.16 bits per heavy atom. The topological polar surface area (TPSA) is 71.3 Å². The van der Waals surface area contributed by atoms with Gasteiger partial charge in [0.05, 0.1) is 4.92 Å². The van der Waals surface area contributed by atoms with E-state index in [-0.39, 0.29) is 10.6 Å². The monoisotopic (exact) mass is 262 g/mol. The van der Waals surface area contributed by atoms with Crippen LogP contribution in [0, 0.1) is 23.0 Å². The van der Waals surface area contributed by atoms with Crippen molar-refractivity contribution < 1.29 is 4.92 Å². The number of aryl methyl sites for hydroxylation is 1. The van der Waals surface area contributed by atoms with Crippen LogP contribution < -0.4 is 5.32 Å². The van der Waals surface area contributed by atoms with Gasteiger partial charge in [-0.3, -0.25) is 10.1 Å². The predicted octanol–water partition coefficient (Wildman–Crippen LogP) is 1.80. The smallest absolute Gasteiger partial charge is 0.290 e. The number of rotatable bonds is 3. The van der Waals surface area contributed by atoms with Gasteiger partial charge in [-0.05, 0) is 44.8 Å². The van der Waals surface area contributed by atoms with Crippen LogP contribution in [0.3, 0.4) is 0 Å². The maximum Gasteiger partial charge on any atom is 0.290 e. The second-order valence-electron chi connectivity index (χ2n) is 5.45. The highest BCUT2D eigenvalue weighted by Gasteiger charge is 2.34. The highest BCUT2D eigenvalue weighted by molar-refractivity contribution is 5.45. The second-order valence-corrected chi connectivity index (χ2v) is 5.45.